The summed E-state index contributed by atoms with van der Waals surface area (Å²) in [7, 11) is 0. The van der Waals surface area contributed by atoms with Crippen LogP contribution in [0, 0.1) is 5.92 Å². The molecule has 0 bridgehead atoms. The van der Waals surface area contributed by atoms with Crippen molar-refractivity contribution in [3.8, 4) is 10.4 Å². The van der Waals surface area contributed by atoms with Gasteiger partial charge >= 0.3 is 5.69 Å². The smallest absolute Gasteiger partial charge is 0.337 e. The molecule has 1 aromatic carbocycles. The molecule has 1 fully saturated rings. The van der Waals surface area contributed by atoms with Gasteiger partial charge in [0.2, 0.25) is 11.7 Å². The summed E-state index contributed by atoms with van der Waals surface area (Å²) >= 11 is 1.68. The van der Waals surface area contributed by atoms with Crippen molar-refractivity contribution in [2.45, 2.75) is 6.42 Å². The molecule has 1 aliphatic heterocycles. The summed E-state index contributed by atoms with van der Waals surface area (Å²) in [6, 6.07) is 12.3. The molecule has 31 heavy (non-hydrogen) atoms. The van der Waals surface area contributed by atoms with E-state index in [1.807, 2.05) is 23.6 Å². The van der Waals surface area contributed by atoms with Gasteiger partial charge in [-0.1, -0.05) is 36.4 Å². The first-order valence-electron chi connectivity index (χ1n) is 10.0. The van der Waals surface area contributed by atoms with Gasteiger partial charge in [0, 0.05) is 31.1 Å². The lowest BCUT2D eigenvalue weighted by atomic mass is 9.96. The molecular formula is C22H23N5O3S. The van der Waals surface area contributed by atoms with Crippen LogP contribution >= 0.6 is 11.3 Å². The van der Waals surface area contributed by atoms with Crippen LogP contribution in [0.5, 0.6) is 0 Å². The van der Waals surface area contributed by atoms with Gasteiger partial charge in [0.05, 0.1) is 5.92 Å². The van der Waals surface area contributed by atoms with Gasteiger partial charge < -0.3 is 9.80 Å². The van der Waals surface area contributed by atoms with E-state index in [9.17, 15) is 14.4 Å². The standard InChI is InChI=1S/C22H23N5O3S/c1-2-9-26-10-11-27(21(29)19-23-22(30)25-24-19)14-17(20(26)28)13-15-5-7-16(8-6-15)18-4-3-12-31-18/h2-8,12,17H,1,9-11,13-14H2,(H2,23,24,25,30)/t17-/m1/s1. The van der Waals surface area contributed by atoms with E-state index in [2.05, 4.69) is 40.0 Å². The number of nitrogens with one attached hydrogen (secondary N) is 2. The first-order valence-corrected chi connectivity index (χ1v) is 10.9. The van der Waals surface area contributed by atoms with Crippen LogP contribution in [0.2, 0.25) is 0 Å². The summed E-state index contributed by atoms with van der Waals surface area (Å²) in [6.07, 6.45) is 2.20. The number of nitrogens with zero attached hydrogens (tertiary/aromatic N) is 3. The normalized spacial score (nSPS) is 16.9. The third kappa shape index (κ3) is 4.66. The van der Waals surface area contributed by atoms with E-state index >= 15 is 0 Å². The van der Waals surface area contributed by atoms with Crippen LogP contribution in [0.4, 0.5) is 0 Å². The van der Waals surface area contributed by atoms with Crippen LogP contribution in [-0.2, 0) is 11.2 Å². The second kappa shape index (κ2) is 9.13. The molecule has 1 saturated heterocycles. The van der Waals surface area contributed by atoms with Gasteiger partial charge in [-0.25, -0.2) is 9.89 Å². The topological polar surface area (TPSA) is 102 Å². The highest BCUT2D eigenvalue weighted by Gasteiger charge is 2.33. The van der Waals surface area contributed by atoms with Crippen molar-refractivity contribution in [3.63, 3.8) is 0 Å². The predicted octanol–water partition coefficient (Wildman–Crippen LogP) is 2.16. The van der Waals surface area contributed by atoms with Gasteiger partial charge in [0.25, 0.3) is 5.91 Å². The zero-order valence-electron chi connectivity index (χ0n) is 16.9. The van der Waals surface area contributed by atoms with Crippen molar-refractivity contribution < 1.29 is 9.59 Å². The summed E-state index contributed by atoms with van der Waals surface area (Å²) in [4.78, 5) is 44.2. The zero-order valence-corrected chi connectivity index (χ0v) is 17.7. The fourth-order valence-electron chi connectivity index (χ4n) is 3.77. The van der Waals surface area contributed by atoms with Crippen LogP contribution in [0.25, 0.3) is 10.4 Å². The van der Waals surface area contributed by atoms with Crippen molar-refractivity contribution in [3.05, 3.63) is 76.3 Å². The monoisotopic (exact) mass is 437 g/mol. The molecular weight excluding hydrogens is 414 g/mol. The van der Waals surface area contributed by atoms with Gasteiger partial charge in [0.15, 0.2) is 0 Å². The van der Waals surface area contributed by atoms with Crippen LogP contribution in [0.1, 0.15) is 16.2 Å². The number of aromatic amines is 2. The fourth-order valence-corrected chi connectivity index (χ4v) is 4.51. The van der Waals surface area contributed by atoms with Crippen molar-refractivity contribution >= 4 is 23.2 Å². The van der Waals surface area contributed by atoms with E-state index < -0.39 is 17.5 Å². The third-order valence-electron chi connectivity index (χ3n) is 5.32. The highest BCUT2D eigenvalue weighted by molar-refractivity contribution is 7.13. The second-order valence-corrected chi connectivity index (χ2v) is 8.37. The summed E-state index contributed by atoms with van der Waals surface area (Å²) in [5.74, 6) is -0.851. The number of H-pyrrole nitrogens is 2. The Morgan fingerprint density at radius 2 is 2.03 bits per heavy atom. The maximum Gasteiger partial charge on any atom is 0.341 e. The molecule has 3 aromatic rings. The molecule has 1 atom stereocenters. The summed E-state index contributed by atoms with van der Waals surface area (Å²) < 4.78 is 0. The molecule has 4 rings (SSSR count). The highest BCUT2D eigenvalue weighted by Crippen LogP contribution is 2.26. The van der Waals surface area contributed by atoms with E-state index in [1.54, 1.807) is 27.2 Å². The van der Waals surface area contributed by atoms with E-state index in [1.165, 1.54) is 4.88 Å². The first kappa shape index (κ1) is 20.8. The number of thiophene rings is 1. The molecule has 0 radical (unpaired) electrons. The lowest BCUT2D eigenvalue weighted by Crippen LogP contribution is -2.38. The quantitative estimate of drug-likeness (QED) is 0.577. The minimum absolute atomic E-state index is 0.00643. The van der Waals surface area contributed by atoms with E-state index in [4.69, 9.17) is 0 Å². The Hall–Kier alpha value is -3.46. The Morgan fingerprint density at radius 3 is 2.68 bits per heavy atom. The lowest BCUT2D eigenvalue weighted by Gasteiger charge is -2.23. The minimum atomic E-state index is -0.537. The Morgan fingerprint density at radius 1 is 1.23 bits per heavy atom. The molecule has 8 nitrogen and oxygen atoms in total. The van der Waals surface area contributed by atoms with E-state index in [0.717, 1.165) is 11.1 Å². The Balaban J connectivity index is 1.55. The Kier molecular flexibility index (Phi) is 6.13. The van der Waals surface area contributed by atoms with Crippen LogP contribution in [0.3, 0.4) is 0 Å². The third-order valence-corrected chi connectivity index (χ3v) is 6.24. The maximum atomic E-state index is 13.2. The molecule has 1 aliphatic rings. The molecule has 0 unspecified atom stereocenters. The second-order valence-electron chi connectivity index (χ2n) is 7.43. The van der Waals surface area contributed by atoms with Crippen LogP contribution in [-0.4, -0.2) is 63.0 Å². The molecule has 9 heteroatoms. The summed E-state index contributed by atoms with van der Waals surface area (Å²) in [5, 5.41) is 7.99. The van der Waals surface area contributed by atoms with Gasteiger partial charge in [-0.2, -0.15) is 0 Å². The number of amides is 2. The molecule has 0 spiro atoms. The number of carbonyl (C=O) groups excluding carboxylic acids is 2. The predicted molar refractivity (Wildman–Crippen MR) is 119 cm³/mol. The van der Waals surface area contributed by atoms with Crippen molar-refractivity contribution in [1.29, 1.82) is 0 Å². The molecule has 2 N–H and O–H groups in total. The molecule has 3 heterocycles. The molecule has 2 amide bonds. The molecule has 0 aliphatic carbocycles. The van der Waals surface area contributed by atoms with Gasteiger partial charge in [-0.05, 0) is 29.0 Å². The van der Waals surface area contributed by atoms with Crippen molar-refractivity contribution in [1.82, 2.24) is 25.0 Å². The molecule has 0 saturated carbocycles. The number of hydrogen-bond acceptors (Lipinski definition) is 5. The van der Waals surface area contributed by atoms with Crippen LogP contribution < -0.4 is 5.69 Å². The first-order chi connectivity index (χ1) is 15.0. The Labute approximate surface area is 183 Å². The average molecular weight is 438 g/mol. The SMILES string of the molecule is C=CCN1CCN(C(=O)c2n[nH]c(=O)[nH]2)C[C@@H](Cc2ccc(-c3cccs3)cc2)C1=O. The number of rotatable bonds is 6. The molecule has 160 valence electrons. The summed E-state index contributed by atoms with van der Waals surface area (Å²) in [5.41, 5.74) is 1.63. The molecule has 2 aromatic heterocycles. The number of benzene rings is 1. The van der Waals surface area contributed by atoms with Crippen molar-refractivity contribution in [2.75, 3.05) is 26.2 Å². The zero-order chi connectivity index (χ0) is 21.8. The van der Waals surface area contributed by atoms with Gasteiger partial charge in [-0.3, -0.25) is 14.6 Å². The number of carbonyl (C=O) groups is 2. The maximum absolute atomic E-state index is 13.2. The Bertz CT molecular complexity index is 1120. The number of aromatic nitrogens is 3. The largest absolute Gasteiger partial charge is 0.341 e. The summed E-state index contributed by atoms with van der Waals surface area (Å²) in [6.45, 7) is 5.19. The van der Waals surface area contributed by atoms with E-state index in [0.29, 0.717) is 26.1 Å². The average Bonchev–Trinajstić information content (AvgIpc) is 3.44. The van der Waals surface area contributed by atoms with Crippen molar-refractivity contribution in [2.24, 2.45) is 5.92 Å². The lowest BCUT2D eigenvalue weighted by molar-refractivity contribution is -0.134. The van der Waals surface area contributed by atoms with E-state index in [-0.39, 0.29) is 18.3 Å². The van der Waals surface area contributed by atoms with Gasteiger partial charge in [-0.15, -0.1) is 23.0 Å². The van der Waals surface area contributed by atoms with Gasteiger partial charge in [0.1, 0.15) is 0 Å². The number of hydrogen-bond donors (Lipinski definition) is 2. The fraction of sp³-hybridized carbons (Fsp3) is 0.273. The van der Waals surface area contributed by atoms with Crippen LogP contribution in [0.15, 0.2) is 59.2 Å². The highest BCUT2D eigenvalue weighted by atomic mass is 32.1. The minimum Gasteiger partial charge on any atom is -0.337 e.